The highest BCUT2D eigenvalue weighted by Gasteiger charge is 2.52. The maximum atomic E-state index is 15.6. The molecule has 2 aliphatic rings. The first-order valence-electron chi connectivity index (χ1n) is 14.8. The quantitative estimate of drug-likeness (QED) is 0.195. The summed E-state index contributed by atoms with van der Waals surface area (Å²) in [7, 11) is -3.17. The fraction of sp³-hybridized carbons (Fsp3) is 0.0244. The first-order valence-corrected chi connectivity index (χ1v) is 16.5. The third kappa shape index (κ3) is 3.15. The number of hydrogen-bond donors (Lipinski definition) is 0. The van der Waals surface area contributed by atoms with E-state index >= 15 is 4.57 Å². The molecule has 1 spiro atoms. The van der Waals surface area contributed by atoms with Crippen molar-refractivity contribution in [2.24, 2.45) is 0 Å². The van der Waals surface area contributed by atoms with Crippen LogP contribution in [0.4, 0.5) is 0 Å². The van der Waals surface area contributed by atoms with Crippen LogP contribution in [0.2, 0.25) is 0 Å². The molecule has 0 saturated carbocycles. The molecule has 9 rings (SSSR count). The first-order chi connectivity index (χ1) is 21.2. The number of rotatable bonds is 3. The SMILES string of the molecule is O=P(c1ccccc1)(c1ccccc1)c1ccc2c(c1)C1(c3ccccc3-2)c2ccccc2-c2c1ccc1ccccc21. The van der Waals surface area contributed by atoms with E-state index in [-0.39, 0.29) is 0 Å². The van der Waals surface area contributed by atoms with Gasteiger partial charge in [0.1, 0.15) is 0 Å². The average molecular weight is 567 g/mol. The highest BCUT2D eigenvalue weighted by molar-refractivity contribution is 7.85. The summed E-state index contributed by atoms with van der Waals surface area (Å²) in [6.07, 6.45) is 0. The van der Waals surface area contributed by atoms with E-state index in [4.69, 9.17) is 0 Å². The van der Waals surface area contributed by atoms with Gasteiger partial charge in [-0.3, -0.25) is 0 Å². The van der Waals surface area contributed by atoms with Crippen LogP contribution in [0.5, 0.6) is 0 Å². The van der Waals surface area contributed by atoms with Crippen molar-refractivity contribution < 1.29 is 4.57 Å². The largest absolute Gasteiger partial charge is 0.309 e. The Labute approximate surface area is 251 Å². The zero-order valence-electron chi connectivity index (χ0n) is 23.4. The molecule has 43 heavy (non-hydrogen) atoms. The summed E-state index contributed by atoms with van der Waals surface area (Å²) < 4.78 is 15.6. The maximum Gasteiger partial charge on any atom is 0.171 e. The van der Waals surface area contributed by atoms with Gasteiger partial charge >= 0.3 is 0 Å². The molecule has 0 N–H and O–H groups in total. The maximum absolute atomic E-state index is 15.6. The van der Waals surface area contributed by atoms with Crippen LogP contribution in [0, 0.1) is 0 Å². The molecule has 7 aromatic carbocycles. The van der Waals surface area contributed by atoms with Gasteiger partial charge < -0.3 is 4.57 Å². The molecule has 1 atom stereocenters. The van der Waals surface area contributed by atoms with Crippen molar-refractivity contribution in [1.29, 1.82) is 0 Å². The molecular weight excluding hydrogens is 539 g/mol. The van der Waals surface area contributed by atoms with E-state index < -0.39 is 12.6 Å². The summed E-state index contributed by atoms with van der Waals surface area (Å²) >= 11 is 0. The van der Waals surface area contributed by atoms with Crippen LogP contribution >= 0.6 is 7.14 Å². The summed E-state index contributed by atoms with van der Waals surface area (Å²) in [6.45, 7) is 0. The van der Waals surface area contributed by atoms with Gasteiger partial charge in [-0.15, -0.1) is 0 Å². The Morgan fingerprint density at radius 2 is 0.953 bits per heavy atom. The highest BCUT2D eigenvalue weighted by atomic mass is 31.2. The van der Waals surface area contributed by atoms with Gasteiger partial charge in [-0.1, -0.05) is 158 Å². The van der Waals surface area contributed by atoms with Crippen molar-refractivity contribution in [1.82, 2.24) is 0 Å². The van der Waals surface area contributed by atoms with Crippen LogP contribution in [-0.2, 0) is 9.98 Å². The first kappa shape index (κ1) is 24.6. The molecule has 0 saturated heterocycles. The minimum atomic E-state index is -3.17. The third-order valence-electron chi connectivity index (χ3n) is 9.57. The zero-order valence-corrected chi connectivity index (χ0v) is 24.3. The average Bonchev–Trinajstić information content (AvgIpc) is 3.56. The third-order valence-corrected chi connectivity index (χ3v) is 12.6. The summed E-state index contributed by atoms with van der Waals surface area (Å²) in [5, 5.41) is 5.08. The highest BCUT2D eigenvalue weighted by Crippen LogP contribution is 2.64. The summed E-state index contributed by atoms with van der Waals surface area (Å²) in [6, 6.07) is 57.6. The number of hydrogen-bond acceptors (Lipinski definition) is 1. The second-order valence-electron chi connectivity index (χ2n) is 11.6. The molecule has 2 aliphatic carbocycles. The second-order valence-corrected chi connectivity index (χ2v) is 14.3. The van der Waals surface area contributed by atoms with Crippen molar-refractivity contribution >= 4 is 33.8 Å². The van der Waals surface area contributed by atoms with E-state index in [9.17, 15) is 0 Å². The zero-order chi connectivity index (χ0) is 28.6. The fourth-order valence-electron chi connectivity index (χ4n) is 7.81. The molecular formula is C41H27OP. The summed E-state index contributed by atoms with van der Waals surface area (Å²) in [5.74, 6) is 0. The Bertz CT molecular complexity index is 2220. The van der Waals surface area contributed by atoms with Gasteiger partial charge in [0.15, 0.2) is 7.14 Å². The van der Waals surface area contributed by atoms with Crippen molar-refractivity contribution in [3.05, 3.63) is 186 Å². The fourth-order valence-corrected chi connectivity index (χ4v) is 10.5. The molecule has 7 aromatic rings. The Kier molecular flexibility index (Phi) is 5.16. The van der Waals surface area contributed by atoms with Crippen molar-refractivity contribution in [2.45, 2.75) is 5.41 Å². The molecule has 0 bridgehead atoms. The predicted octanol–water partition coefficient (Wildman–Crippen LogP) is 8.82. The normalized spacial score (nSPS) is 16.1. The van der Waals surface area contributed by atoms with Crippen molar-refractivity contribution in [3.8, 4) is 22.3 Å². The van der Waals surface area contributed by atoms with E-state index in [0.29, 0.717) is 0 Å². The van der Waals surface area contributed by atoms with Gasteiger partial charge in [0.25, 0.3) is 0 Å². The van der Waals surface area contributed by atoms with E-state index in [0.717, 1.165) is 15.9 Å². The van der Waals surface area contributed by atoms with Gasteiger partial charge in [0.2, 0.25) is 0 Å². The van der Waals surface area contributed by atoms with Gasteiger partial charge in [0, 0.05) is 15.9 Å². The van der Waals surface area contributed by atoms with Gasteiger partial charge in [0.05, 0.1) is 5.41 Å². The Hall–Kier alpha value is -4.97. The lowest BCUT2D eigenvalue weighted by Gasteiger charge is -2.31. The van der Waals surface area contributed by atoms with Crippen molar-refractivity contribution in [3.63, 3.8) is 0 Å². The van der Waals surface area contributed by atoms with E-state index in [2.05, 4.69) is 103 Å². The van der Waals surface area contributed by atoms with Gasteiger partial charge in [-0.25, -0.2) is 0 Å². The number of fused-ring (bicyclic) bond motifs is 12. The molecule has 0 aliphatic heterocycles. The van der Waals surface area contributed by atoms with Crippen LogP contribution in [0.15, 0.2) is 164 Å². The molecule has 1 unspecified atom stereocenters. The second kappa shape index (κ2) is 9.01. The van der Waals surface area contributed by atoms with E-state index in [1.807, 2.05) is 60.7 Å². The Morgan fingerprint density at radius 1 is 0.395 bits per heavy atom. The predicted molar refractivity (Wildman–Crippen MR) is 180 cm³/mol. The Balaban J connectivity index is 1.42. The lowest BCUT2D eigenvalue weighted by Crippen LogP contribution is -2.29. The molecule has 0 radical (unpaired) electrons. The van der Waals surface area contributed by atoms with Crippen LogP contribution in [0.25, 0.3) is 33.0 Å². The lowest BCUT2D eigenvalue weighted by molar-refractivity contribution is 0.592. The van der Waals surface area contributed by atoms with Crippen molar-refractivity contribution in [2.75, 3.05) is 0 Å². The minimum absolute atomic E-state index is 0.504. The minimum Gasteiger partial charge on any atom is -0.309 e. The van der Waals surface area contributed by atoms with Crippen LogP contribution in [0.3, 0.4) is 0 Å². The molecule has 0 amide bonds. The van der Waals surface area contributed by atoms with Crippen LogP contribution < -0.4 is 15.9 Å². The number of benzene rings is 7. The monoisotopic (exact) mass is 566 g/mol. The molecule has 2 heteroatoms. The summed E-state index contributed by atoms with van der Waals surface area (Å²) in [5.41, 5.74) is 9.61. The molecule has 1 nitrogen and oxygen atoms in total. The van der Waals surface area contributed by atoms with E-state index in [1.165, 1.54) is 55.3 Å². The molecule has 0 heterocycles. The molecule has 202 valence electrons. The standard InChI is InChI=1S/C41H27OP/c42-43(29-14-3-1-4-15-29,30-16-5-2-6-17-30)31-24-25-34-33-19-9-11-21-36(33)41(39(34)27-31)37-22-12-10-20-35(37)40-32-18-8-7-13-28(32)23-26-38(40)41/h1-27H. The topological polar surface area (TPSA) is 17.1 Å². The van der Waals surface area contributed by atoms with Crippen LogP contribution in [0.1, 0.15) is 22.3 Å². The molecule has 0 fully saturated rings. The van der Waals surface area contributed by atoms with E-state index in [1.54, 1.807) is 0 Å². The Morgan fingerprint density at radius 3 is 1.67 bits per heavy atom. The summed E-state index contributed by atoms with van der Waals surface area (Å²) in [4.78, 5) is 0. The smallest absolute Gasteiger partial charge is 0.171 e. The van der Waals surface area contributed by atoms with Crippen LogP contribution in [-0.4, -0.2) is 0 Å². The molecule has 0 aromatic heterocycles. The van der Waals surface area contributed by atoms with Gasteiger partial charge in [-0.05, 0) is 61.3 Å². The lowest BCUT2D eigenvalue weighted by atomic mass is 9.70. The van der Waals surface area contributed by atoms with Gasteiger partial charge in [-0.2, -0.15) is 0 Å².